The highest BCUT2D eigenvalue weighted by Crippen LogP contribution is 1.80. The predicted molar refractivity (Wildman–Crippen MR) is 60.7 cm³/mol. The lowest BCUT2D eigenvalue weighted by Crippen LogP contribution is -2.16. The second kappa shape index (κ2) is 15.3. The van der Waals surface area contributed by atoms with Crippen LogP contribution in [-0.4, -0.2) is 60.2 Å². The number of carboxylic acids is 1. The summed E-state index contributed by atoms with van der Waals surface area (Å²) in [6.07, 6.45) is -0.773. The van der Waals surface area contributed by atoms with E-state index in [9.17, 15) is 14.4 Å². The molecule has 0 heterocycles. The first kappa shape index (κ1) is 21.6. The number of aliphatic carboxylic acids is 1. The zero-order chi connectivity index (χ0) is 15.1. The predicted octanol–water partition coefficient (Wildman–Crippen LogP) is -0.827. The fourth-order valence-electron chi connectivity index (χ4n) is 0.235. The van der Waals surface area contributed by atoms with Crippen LogP contribution in [0.3, 0.4) is 0 Å². The molecule has 0 aliphatic heterocycles. The summed E-state index contributed by atoms with van der Waals surface area (Å²) in [5.74, 6) is -1.94. The van der Waals surface area contributed by atoms with Crippen molar-refractivity contribution in [1.29, 1.82) is 0 Å². The molecule has 3 N–H and O–H groups in total. The third-order valence-electron chi connectivity index (χ3n) is 1.20. The molecule has 1 atom stereocenters. The van der Waals surface area contributed by atoms with Gasteiger partial charge in [-0.1, -0.05) is 6.92 Å². The highest BCUT2D eigenvalue weighted by Gasteiger charge is 2.05. The number of esters is 2. The molecule has 8 heteroatoms. The largest absolute Gasteiger partial charge is 0.481 e. The molecule has 0 aromatic carbocycles. The standard InChI is InChI=1S/C4H8O3.C3H6O3.C3H6O2/c1-3(5)4(6)7-2;1-6-3(5)2-4;1-2-3(4)5/h3,5H,1-2H3;4H,2H2,1H3;2H2,1H3,(H,4,5). The lowest BCUT2D eigenvalue weighted by Gasteiger charge is -1.97. The third kappa shape index (κ3) is 23.9. The molecule has 0 saturated heterocycles. The fraction of sp³-hybridized carbons (Fsp3) is 0.700. The van der Waals surface area contributed by atoms with Crippen molar-refractivity contribution < 1.29 is 39.2 Å². The average Bonchev–Trinajstić information content (AvgIpc) is 2.37. The minimum atomic E-state index is -0.995. The zero-order valence-electron chi connectivity index (χ0n) is 10.9. The quantitative estimate of drug-likeness (QED) is 0.565. The van der Waals surface area contributed by atoms with Gasteiger partial charge in [0, 0.05) is 6.42 Å². The Labute approximate surface area is 105 Å². The Morgan fingerprint density at radius 1 is 1.17 bits per heavy atom. The maximum atomic E-state index is 10.0. The number of ether oxygens (including phenoxy) is 2. The van der Waals surface area contributed by atoms with Gasteiger partial charge in [0.2, 0.25) is 0 Å². The van der Waals surface area contributed by atoms with Crippen molar-refractivity contribution in [1.82, 2.24) is 0 Å². The van der Waals surface area contributed by atoms with E-state index < -0.39 is 30.6 Å². The molecular formula is C10H20O8. The molecule has 0 rings (SSSR count). The van der Waals surface area contributed by atoms with Crippen LogP contribution in [0.4, 0.5) is 0 Å². The van der Waals surface area contributed by atoms with Gasteiger partial charge in [-0.05, 0) is 6.92 Å². The highest BCUT2D eigenvalue weighted by atomic mass is 16.5. The molecule has 0 aliphatic carbocycles. The Hall–Kier alpha value is -1.67. The normalized spacial score (nSPS) is 9.67. The first-order valence-electron chi connectivity index (χ1n) is 4.92. The molecular weight excluding hydrogens is 248 g/mol. The number of rotatable bonds is 3. The molecule has 8 nitrogen and oxygen atoms in total. The Morgan fingerprint density at radius 3 is 1.56 bits per heavy atom. The van der Waals surface area contributed by atoms with Crippen molar-refractivity contribution in [3.63, 3.8) is 0 Å². The number of carboxylic acid groups (broad SMARTS) is 1. The molecule has 1 unspecified atom stereocenters. The van der Waals surface area contributed by atoms with Crippen molar-refractivity contribution in [3.05, 3.63) is 0 Å². The van der Waals surface area contributed by atoms with E-state index in [0.717, 1.165) is 0 Å². The summed E-state index contributed by atoms with van der Waals surface area (Å²) < 4.78 is 8.13. The van der Waals surface area contributed by atoms with Crippen molar-refractivity contribution in [2.24, 2.45) is 0 Å². The Balaban J connectivity index is -0.000000190. The second-order valence-corrected chi connectivity index (χ2v) is 2.68. The number of carbonyl (C=O) groups excluding carboxylic acids is 2. The highest BCUT2D eigenvalue weighted by molar-refractivity contribution is 5.73. The van der Waals surface area contributed by atoms with E-state index in [1.54, 1.807) is 6.92 Å². The van der Waals surface area contributed by atoms with Crippen LogP contribution in [0.15, 0.2) is 0 Å². The van der Waals surface area contributed by atoms with E-state index >= 15 is 0 Å². The minimum Gasteiger partial charge on any atom is -0.481 e. The van der Waals surface area contributed by atoms with Gasteiger partial charge in [-0.3, -0.25) is 4.79 Å². The summed E-state index contributed by atoms with van der Waals surface area (Å²) in [6.45, 7) is 2.42. The summed E-state index contributed by atoms with van der Waals surface area (Å²) in [7, 11) is 2.45. The molecule has 0 spiro atoms. The van der Waals surface area contributed by atoms with Crippen LogP contribution in [-0.2, 0) is 23.9 Å². The van der Waals surface area contributed by atoms with Crippen LogP contribution < -0.4 is 0 Å². The van der Waals surface area contributed by atoms with Gasteiger partial charge >= 0.3 is 17.9 Å². The summed E-state index contributed by atoms with van der Waals surface area (Å²) in [5, 5.41) is 23.9. The summed E-state index contributed by atoms with van der Waals surface area (Å²) >= 11 is 0. The number of aliphatic hydroxyl groups excluding tert-OH is 2. The van der Waals surface area contributed by atoms with Gasteiger partial charge < -0.3 is 24.8 Å². The van der Waals surface area contributed by atoms with Gasteiger partial charge in [0.05, 0.1) is 14.2 Å². The number of carbonyl (C=O) groups is 3. The van der Waals surface area contributed by atoms with E-state index in [2.05, 4.69) is 9.47 Å². The molecule has 0 fully saturated rings. The van der Waals surface area contributed by atoms with Gasteiger partial charge in [-0.15, -0.1) is 0 Å². The van der Waals surface area contributed by atoms with E-state index in [1.165, 1.54) is 21.1 Å². The molecule has 108 valence electrons. The molecule has 0 aromatic rings. The lowest BCUT2D eigenvalue weighted by atomic mass is 10.4. The van der Waals surface area contributed by atoms with Crippen molar-refractivity contribution in [2.45, 2.75) is 26.4 Å². The van der Waals surface area contributed by atoms with Crippen molar-refractivity contribution >= 4 is 17.9 Å². The molecule has 0 aliphatic rings. The minimum absolute atomic E-state index is 0.222. The number of hydrogen-bond donors (Lipinski definition) is 3. The first-order chi connectivity index (χ1) is 8.26. The zero-order valence-corrected chi connectivity index (χ0v) is 10.9. The Bertz CT molecular complexity index is 230. The maximum absolute atomic E-state index is 10.0. The van der Waals surface area contributed by atoms with Crippen LogP contribution >= 0.6 is 0 Å². The fourth-order valence-corrected chi connectivity index (χ4v) is 0.235. The van der Waals surface area contributed by atoms with Crippen LogP contribution in [0.25, 0.3) is 0 Å². The third-order valence-corrected chi connectivity index (χ3v) is 1.20. The molecule has 0 amide bonds. The Morgan fingerprint density at radius 2 is 1.56 bits per heavy atom. The van der Waals surface area contributed by atoms with Gasteiger partial charge in [0.25, 0.3) is 0 Å². The topological polar surface area (TPSA) is 130 Å². The average molecular weight is 268 g/mol. The summed E-state index contributed by atoms with van der Waals surface area (Å²) in [6, 6.07) is 0. The SMILES string of the molecule is CCC(=O)O.COC(=O)C(C)O.COC(=O)CO. The van der Waals surface area contributed by atoms with Crippen molar-refractivity contribution in [2.75, 3.05) is 20.8 Å². The smallest absolute Gasteiger partial charge is 0.334 e. The second-order valence-electron chi connectivity index (χ2n) is 2.68. The van der Waals surface area contributed by atoms with Crippen LogP contribution in [0.1, 0.15) is 20.3 Å². The van der Waals surface area contributed by atoms with E-state index in [4.69, 9.17) is 15.3 Å². The Kier molecular flexibility index (Phi) is 18.4. The van der Waals surface area contributed by atoms with Gasteiger partial charge in [0.1, 0.15) is 12.7 Å². The van der Waals surface area contributed by atoms with Gasteiger partial charge in [0.15, 0.2) is 0 Å². The van der Waals surface area contributed by atoms with Gasteiger partial charge in [-0.25, -0.2) is 9.59 Å². The molecule has 18 heavy (non-hydrogen) atoms. The van der Waals surface area contributed by atoms with Crippen LogP contribution in [0.5, 0.6) is 0 Å². The monoisotopic (exact) mass is 268 g/mol. The molecule has 0 aromatic heterocycles. The number of methoxy groups -OCH3 is 2. The molecule has 0 saturated carbocycles. The summed E-state index contributed by atoms with van der Waals surface area (Å²) in [4.78, 5) is 29.1. The number of hydrogen-bond acceptors (Lipinski definition) is 7. The summed E-state index contributed by atoms with van der Waals surface area (Å²) in [5.41, 5.74) is 0. The van der Waals surface area contributed by atoms with Crippen molar-refractivity contribution in [3.8, 4) is 0 Å². The van der Waals surface area contributed by atoms with E-state index in [-0.39, 0.29) is 6.42 Å². The van der Waals surface area contributed by atoms with E-state index in [1.807, 2.05) is 0 Å². The molecule has 0 radical (unpaired) electrons. The molecule has 0 bridgehead atoms. The van der Waals surface area contributed by atoms with Gasteiger partial charge in [-0.2, -0.15) is 0 Å². The van der Waals surface area contributed by atoms with Crippen LogP contribution in [0, 0.1) is 0 Å². The number of aliphatic hydroxyl groups is 2. The first-order valence-corrected chi connectivity index (χ1v) is 4.92. The maximum Gasteiger partial charge on any atom is 0.334 e. The van der Waals surface area contributed by atoms with Crippen LogP contribution in [0.2, 0.25) is 0 Å². The van der Waals surface area contributed by atoms with E-state index in [0.29, 0.717) is 0 Å². The lowest BCUT2D eigenvalue weighted by molar-refractivity contribution is -0.149.